The van der Waals surface area contributed by atoms with Crippen LogP contribution in [0.3, 0.4) is 0 Å². The van der Waals surface area contributed by atoms with Gasteiger partial charge in [-0.2, -0.15) is 0 Å². The van der Waals surface area contributed by atoms with E-state index in [-0.39, 0.29) is 24.1 Å². The van der Waals surface area contributed by atoms with Gasteiger partial charge in [0.2, 0.25) is 0 Å². The summed E-state index contributed by atoms with van der Waals surface area (Å²) >= 11 is 0. The van der Waals surface area contributed by atoms with E-state index in [1.54, 1.807) is 19.6 Å². The molecule has 2 saturated heterocycles. The van der Waals surface area contributed by atoms with Gasteiger partial charge in [0.05, 0.1) is 45.5 Å². The molecule has 2 fully saturated rings. The number of aromatic amines is 2. The first-order valence-corrected chi connectivity index (χ1v) is 24.1. The second kappa shape index (κ2) is 17.2. The molecule has 0 saturated carbocycles. The standard InChI is InChI=1S/C56H46N12O4/c69-53-61-37-13-5-1-9-33(37)49-41-17-18-42(57-41)50(34-10-2-6-14-38(34)62-54(70)66-27-25-65(53)26-28-66)47-23-24-48(60-47)52-36-12-4-8-16-40(36)64-56(72)68-31-29-67(30-32-68)55(71)63-39-15-7-3-11-35(39)51(43-19-20-44(52)58-43)46-22-21-45(49)59-46/h1-24,59-60H,25-32H2,(H,61,69)(H,62,70)(H,63,71)(H,64,72). The smallest absolute Gasteiger partial charge is 0.321 e. The molecule has 15 rings (SSSR count). The third-order valence-corrected chi connectivity index (χ3v) is 14.2. The minimum Gasteiger partial charge on any atom is -0.354 e. The van der Waals surface area contributed by atoms with E-state index in [4.69, 9.17) is 9.97 Å². The Bertz CT molecular complexity index is 3220. The molecular formula is C56H46N12O4. The van der Waals surface area contributed by atoms with Gasteiger partial charge in [0, 0.05) is 119 Å². The van der Waals surface area contributed by atoms with Gasteiger partial charge in [-0.3, -0.25) is 0 Å². The van der Waals surface area contributed by atoms with Crippen molar-refractivity contribution in [2.45, 2.75) is 0 Å². The molecule has 6 N–H and O–H groups in total. The van der Waals surface area contributed by atoms with Crippen molar-refractivity contribution in [3.05, 3.63) is 144 Å². The Morgan fingerprint density at radius 2 is 0.528 bits per heavy atom. The average Bonchev–Trinajstić information content (AvgIpc) is 4.27. The number of fused-ring (bicyclic) bond motifs is 12. The zero-order valence-electron chi connectivity index (χ0n) is 38.8. The van der Waals surface area contributed by atoms with E-state index >= 15 is 0 Å². The molecule has 0 atom stereocenters. The number of amides is 8. The molecule has 0 spiro atoms. The van der Waals surface area contributed by atoms with Gasteiger partial charge >= 0.3 is 24.1 Å². The van der Waals surface area contributed by atoms with Gasteiger partial charge in [0.1, 0.15) is 0 Å². The summed E-state index contributed by atoms with van der Waals surface area (Å²) in [6.07, 6.45) is 7.92. The first-order valence-electron chi connectivity index (χ1n) is 24.1. The average molecular weight is 951 g/mol. The molecule has 3 aromatic heterocycles. The van der Waals surface area contributed by atoms with Gasteiger partial charge in [-0.15, -0.1) is 0 Å². The summed E-state index contributed by atoms with van der Waals surface area (Å²) in [6.45, 7) is 2.74. The molecule has 4 aromatic carbocycles. The molecule has 11 heterocycles. The van der Waals surface area contributed by atoms with E-state index in [2.05, 4.69) is 31.2 Å². The Balaban J connectivity index is 1.19. The van der Waals surface area contributed by atoms with Crippen LogP contribution in [0.1, 0.15) is 22.8 Å². The Kier molecular flexibility index (Phi) is 10.2. The number of hydrogen-bond acceptors (Lipinski definition) is 6. The maximum Gasteiger partial charge on any atom is 0.321 e. The Morgan fingerprint density at radius 3 is 0.764 bits per heavy atom. The predicted octanol–water partition coefficient (Wildman–Crippen LogP) is 10.7. The van der Waals surface area contributed by atoms with Gasteiger partial charge in [-0.25, -0.2) is 29.1 Å². The largest absolute Gasteiger partial charge is 0.354 e. The zero-order chi connectivity index (χ0) is 48.5. The molecule has 8 aliphatic heterocycles. The zero-order valence-corrected chi connectivity index (χ0v) is 38.8. The molecular weight excluding hydrogens is 905 g/mol. The van der Waals surface area contributed by atoms with Crippen LogP contribution < -0.4 is 21.3 Å². The van der Waals surface area contributed by atoms with Crippen LogP contribution in [0.4, 0.5) is 41.9 Å². The summed E-state index contributed by atoms with van der Waals surface area (Å²) in [7, 11) is 0. The molecule has 0 radical (unpaired) electrons. The molecule has 0 aliphatic carbocycles. The first-order chi connectivity index (χ1) is 35.3. The van der Waals surface area contributed by atoms with E-state index in [1.807, 2.05) is 146 Å². The van der Waals surface area contributed by atoms with Crippen molar-refractivity contribution in [1.82, 2.24) is 39.5 Å². The number of carbonyl (C=O) groups excluding carboxylic acids is 4. The minimum atomic E-state index is -0.274. The third-order valence-electron chi connectivity index (χ3n) is 14.2. The Hall–Kier alpha value is -9.44. The van der Waals surface area contributed by atoms with E-state index in [0.717, 1.165) is 44.5 Å². The number of rotatable bonds is 0. The Labute approximate surface area is 412 Å². The quantitative estimate of drug-likeness (QED) is 0.0878. The van der Waals surface area contributed by atoms with Crippen LogP contribution in [0.5, 0.6) is 0 Å². The van der Waals surface area contributed by atoms with Gasteiger partial charge in [-0.05, 0) is 72.8 Å². The molecule has 16 nitrogen and oxygen atoms in total. The summed E-state index contributed by atoms with van der Waals surface area (Å²) in [4.78, 5) is 82.1. The van der Waals surface area contributed by atoms with E-state index in [9.17, 15) is 19.2 Å². The summed E-state index contributed by atoms with van der Waals surface area (Å²) in [5.74, 6) is 0. The van der Waals surface area contributed by atoms with Crippen LogP contribution in [0.25, 0.3) is 90.9 Å². The highest BCUT2D eigenvalue weighted by Gasteiger charge is 2.30. The number of para-hydroxylation sites is 4. The molecule has 0 unspecified atom stereocenters. The summed E-state index contributed by atoms with van der Waals surface area (Å²) in [5, 5.41) is 12.9. The van der Waals surface area contributed by atoms with Crippen molar-refractivity contribution < 1.29 is 19.2 Å². The summed E-state index contributed by atoms with van der Waals surface area (Å²) in [5.41, 5.74) is 13.6. The number of benzene rings is 4. The molecule has 72 heavy (non-hydrogen) atoms. The van der Waals surface area contributed by atoms with Crippen LogP contribution in [0.15, 0.2) is 121 Å². The van der Waals surface area contributed by atoms with Crippen molar-refractivity contribution in [3.8, 4) is 44.5 Å². The fraction of sp³-hybridized carbons (Fsp3) is 0.143. The van der Waals surface area contributed by atoms with Crippen molar-refractivity contribution >= 4 is 93.2 Å². The number of urea groups is 4. The molecule has 8 aliphatic rings. The van der Waals surface area contributed by atoms with Gasteiger partial charge < -0.3 is 50.8 Å². The lowest BCUT2D eigenvalue weighted by molar-refractivity contribution is 0.156. The lowest BCUT2D eigenvalue weighted by Gasteiger charge is -2.35. The van der Waals surface area contributed by atoms with Crippen LogP contribution in [-0.2, 0) is 0 Å². The number of carbonyl (C=O) groups is 4. The van der Waals surface area contributed by atoms with Crippen molar-refractivity contribution in [2.75, 3.05) is 73.6 Å². The maximum atomic E-state index is 14.1. The van der Waals surface area contributed by atoms with Crippen LogP contribution >= 0.6 is 0 Å². The van der Waals surface area contributed by atoms with Crippen LogP contribution in [0.2, 0.25) is 0 Å². The molecule has 7 aromatic rings. The fourth-order valence-corrected chi connectivity index (χ4v) is 10.6. The lowest BCUT2D eigenvalue weighted by atomic mass is 10.0. The van der Waals surface area contributed by atoms with Crippen LogP contribution in [0, 0.1) is 0 Å². The highest BCUT2D eigenvalue weighted by molar-refractivity contribution is 6.07. The second-order valence-electron chi connectivity index (χ2n) is 18.4. The van der Waals surface area contributed by atoms with Crippen molar-refractivity contribution in [1.29, 1.82) is 0 Å². The first kappa shape index (κ1) is 42.6. The van der Waals surface area contributed by atoms with E-state index in [0.29, 0.717) is 120 Å². The van der Waals surface area contributed by atoms with Gasteiger partial charge in [0.15, 0.2) is 0 Å². The Morgan fingerprint density at radius 1 is 0.306 bits per heavy atom. The number of nitrogens with one attached hydrogen (secondary N) is 6. The topological polar surface area (TPSA) is 187 Å². The van der Waals surface area contributed by atoms with Crippen LogP contribution in [-0.4, -0.2) is 116 Å². The highest BCUT2D eigenvalue weighted by Crippen LogP contribution is 2.43. The normalized spacial score (nSPS) is 16.2. The monoisotopic (exact) mass is 950 g/mol. The summed E-state index contributed by atoms with van der Waals surface area (Å²) in [6, 6.07) is 37.8. The second-order valence-corrected chi connectivity index (χ2v) is 18.4. The van der Waals surface area contributed by atoms with Gasteiger partial charge in [0.25, 0.3) is 0 Å². The van der Waals surface area contributed by atoms with Gasteiger partial charge in [-0.1, -0.05) is 72.8 Å². The van der Waals surface area contributed by atoms with Crippen molar-refractivity contribution in [2.24, 2.45) is 0 Å². The predicted molar refractivity (Wildman–Crippen MR) is 283 cm³/mol. The van der Waals surface area contributed by atoms with Crippen molar-refractivity contribution in [3.63, 3.8) is 0 Å². The highest BCUT2D eigenvalue weighted by atomic mass is 16.2. The number of nitrogens with zero attached hydrogens (tertiary/aromatic N) is 6. The number of aromatic nitrogens is 4. The number of H-pyrrole nitrogens is 2. The minimum absolute atomic E-state index is 0.274. The number of anilines is 4. The summed E-state index contributed by atoms with van der Waals surface area (Å²) < 4.78 is 0. The lowest BCUT2D eigenvalue weighted by Crippen LogP contribution is -2.52. The molecule has 16 bridgehead atoms. The molecule has 16 heteroatoms. The maximum absolute atomic E-state index is 14.1. The SMILES string of the molecule is O=C1Nc2ccccc2-c2c3nc(c(c4ccc([nH]4)c4c5nc(c(c6ccc2[nH]6)-c2ccccc2NC(=O)N2CCN(CC2)C(=O)Nc2ccccc2-4)C=C5)-c2ccccc2NC(=O)N2CCN1CC2)C=C3. The number of piperazine rings is 2. The fourth-order valence-electron chi connectivity index (χ4n) is 10.6. The molecule has 354 valence electrons. The third kappa shape index (κ3) is 7.38. The van der Waals surface area contributed by atoms with E-state index in [1.165, 1.54) is 0 Å². The number of hydrogen-bond donors (Lipinski definition) is 6. The van der Waals surface area contributed by atoms with E-state index < -0.39 is 0 Å². The molecule has 8 amide bonds.